The number of benzene rings is 1. The number of hydrogen-bond donors (Lipinski definition) is 2. The number of rotatable bonds is 8. The normalized spacial score (nSPS) is 18.1. The van der Waals surface area contributed by atoms with Crippen molar-refractivity contribution in [2.75, 3.05) is 13.2 Å². The number of hydrogen-bond acceptors (Lipinski definition) is 3. The SMILES string of the molecule is CC(CC1CC1)NCC(O)COc1ccc(Cl)cc1. The highest BCUT2D eigenvalue weighted by atomic mass is 35.5. The molecular formula is C15H22ClNO2. The van der Waals surface area contributed by atoms with E-state index in [2.05, 4.69) is 12.2 Å². The summed E-state index contributed by atoms with van der Waals surface area (Å²) in [6, 6.07) is 7.63. The fourth-order valence-corrected chi connectivity index (χ4v) is 2.18. The van der Waals surface area contributed by atoms with E-state index in [1.54, 1.807) is 24.3 Å². The first-order valence-corrected chi connectivity index (χ1v) is 7.31. The van der Waals surface area contributed by atoms with Crippen LogP contribution >= 0.6 is 11.6 Å². The van der Waals surface area contributed by atoms with Gasteiger partial charge in [-0.05, 0) is 43.5 Å². The van der Waals surface area contributed by atoms with Gasteiger partial charge in [0.15, 0.2) is 0 Å². The van der Waals surface area contributed by atoms with Crippen LogP contribution in [0.5, 0.6) is 5.75 Å². The number of aliphatic hydroxyl groups excluding tert-OH is 1. The number of nitrogens with one attached hydrogen (secondary N) is 1. The number of aliphatic hydroxyl groups is 1. The van der Waals surface area contributed by atoms with Crippen molar-refractivity contribution in [1.82, 2.24) is 5.32 Å². The molecule has 19 heavy (non-hydrogen) atoms. The van der Waals surface area contributed by atoms with Crippen LogP contribution in [0.1, 0.15) is 26.2 Å². The Kier molecular flexibility index (Phi) is 5.49. The summed E-state index contributed by atoms with van der Waals surface area (Å²) >= 11 is 5.79. The molecule has 2 unspecified atom stereocenters. The molecule has 1 saturated carbocycles. The second-order valence-electron chi connectivity index (χ2n) is 5.41. The van der Waals surface area contributed by atoms with E-state index in [-0.39, 0.29) is 0 Å². The average molecular weight is 284 g/mol. The summed E-state index contributed by atoms with van der Waals surface area (Å²) in [5.74, 6) is 1.64. The highest BCUT2D eigenvalue weighted by molar-refractivity contribution is 6.30. The summed E-state index contributed by atoms with van der Waals surface area (Å²) in [5, 5.41) is 13.9. The van der Waals surface area contributed by atoms with E-state index in [1.165, 1.54) is 19.3 Å². The van der Waals surface area contributed by atoms with Gasteiger partial charge < -0.3 is 15.2 Å². The third-order valence-corrected chi connectivity index (χ3v) is 3.59. The first kappa shape index (κ1) is 14.6. The fraction of sp³-hybridized carbons (Fsp3) is 0.600. The van der Waals surface area contributed by atoms with E-state index in [0.29, 0.717) is 24.2 Å². The van der Waals surface area contributed by atoms with E-state index in [9.17, 15) is 5.11 Å². The molecule has 1 aromatic carbocycles. The smallest absolute Gasteiger partial charge is 0.119 e. The molecule has 106 valence electrons. The topological polar surface area (TPSA) is 41.5 Å². The molecule has 1 aromatic rings. The van der Waals surface area contributed by atoms with Gasteiger partial charge in [0.05, 0.1) is 0 Å². The first-order valence-electron chi connectivity index (χ1n) is 6.93. The van der Waals surface area contributed by atoms with Gasteiger partial charge in [-0.2, -0.15) is 0 Å². The second-order valence-corrected chi connectivity index (χ2v) is 5.84. The minimum absolute atomic E-state index is 0.296. The molecule has 2 rings (SSSR count). The highest BCUT2D eigenvalue weighted by Gasteiger charge is 2.23. The Hall–Kier alpha value is -0.770. The Morgan fingerprint density at radius 1 is 1.37 bits per heavy atom. The largest absolute Gasteiger partial charge is 0.491 e. The Morgan fingerprint density at radius 3 is 2.68 bits per heavy atom. The standard InChI is InChI=1S/C15H22ClNO2/c1-11(8-12-2-3-12)17-9-14(18)10-19-15-6-4-13(16)5-7-15/h4-7,11-12,14,17-18H,2-3,8-10H2,1H3. The molecule has 3 nitrogen and oxygen atoms in total. The Labute approximate surface area is 119 Å². The highest BCUT2D eigenvalue weighted by Crippen LogP contribution is 2.33. The zero-order valence-electron chi connectivity index (χ0n) is 11.3. The van der Waals surface area contributed by atoms with Crippen molar-refractivity contribution in [3.05, 3.63) is 29.3 Å². The zero-order chi connectivity index (χ0) is 13.7. The number of ether oxygens (including phenoxy) is 1. The molecule has 2 atom stereocenters. The predicted octanol–water partition coefficient (Wildman–Crippen LogP) is 2.86. The lowest BCUT2D eigenvalue weighted by Crippen LogP contribution is -2.36. The Bertz CT molecular complexity index is 378. The van der Waals surface area contributed by atoms with Crippen molar-refractivity contribution >= 4 is 11.6 Å². The monoisotopic (exact) mass is 283 g/mol. The minimum atomic E-state index is -0.489. The quantitative estimate of drug-likeness (QED) is 0.771. The lowest BCUT2D eigenvalue weighted by atomic mass is 10.1. The minimum Gasteiger partial charge on any atom is -0.491 e. The van der Waals surface area contributed by atoms with Gasteiger partial charge in [0.25, 0.3) is 0 Å². The molecule has 4 heteroatoms. The summed E-state index contributed by atoms with van der Waals surface area (Å²) in [4.78, 5) is 0. The number of halogens is 1. The van der Waals surface area contributed by atoms with Gasteiger partial charge in [0.2, 0.25) is 0 Å². The van der Waals surface area contributed by atoms with Crippen LogP contribution < -0.4 is 10.1 Å². The maximum Gasteiger partial charge on any atom is 0.119 e. The molecular weight excluding hydrogens is 262 g/mol. The van der Waals surface area contributed by atoms with Crippen LogP contribution in [0.3, 0.4) is 0 Å². The van der Waals surface area contributed by atoms with Crippen LogP contribution in [-0.2, 0) is 0 Å². The van der Waals surface area contributed by atoms with E-state index >= 15 is 0 Å². The van der Waals surface area contributed by atoms with Crippen molar-refractivity contribution in [3.63, 3.8) is 0 Å². The molecule has 1 fully saturated rings. The first-order chi connectivity index (χ1) is 9.13. The van der Waals surface area contributed by atoms with Crippen molar-refractivity contribution in [2.24, 2.45) is 5.92 Å². The third-order valence-electron chi connectivity index (χ3n) is 3.34. The molecule has 0 aromatic heterocycles. The van der Waals surface area contributed by atoms with Gasteiger partial charge in [-0.3, -0.25) is 0 Å². The lowest BCUT2D eigenvalue weighted by Gasteiger charge is -2.17. The Balaban J connectivity index is 1.60. The van der Waals surface area contributed by atoms with Gasteiger partial charge in [-0.15, -0.1) is 0 Å². The molecule has 0 spiro atoms. The average Bonchev–Trinajstić information content (AvgIpc) is 3.19. The molecule has 2 N–H and O–H groups in total. The van der Waals surface area contributed by atoms with Crippen molar-refractivity contribution < 1.29 is 9.84 Å². The van der Waals surface area contributed by atoms with Crippen LogP contribution in [0, 0.1) is 5.92 Å². The zero-order valence-corrected chi connectivity index (χ0v) is 12.1. The summed E-state index contributed by atoms with van der Waals surface area (Å²) in [7, 11) is 0. The molecule has 1 aliphatic rings. The fourth-order valence-electron chi connectivity index (χ4n) is 2.06. The van der Waals surface area contributed by atoms with Crippen LogP contribution in [0.25, 0.3) is 0 Å². The van der Waals surface area contributed by atoms with Gasteiger partial charge in [0.1, 0.15) is 18.5 Å². The second kappa shape index (κ2) is 7.13. The van der Waals surface area contributed by atoms with Gasteiger partial charge in [0, 0.05) is 17.6 Å². The van der Waals surface area contributed by atoms with Crippen molar-refractivity contribution in [1.29, 1.82) is 0 Å². The summed E-state index contributed by atoms with van der Waals surface area (Å²) in [6.07, 6.45) is 3.46. The summed E-state index contributed by atoms with van der Waals surface area (Å²) in [5.41, 5.74) is 0. The van der Waals surface area contributed by atoms with E-state index < -0.39 is 6.10 Å². The van der Waals surface area contributed by atoms with Gasteiger partial charge in [-0.1, -0.05) is 24.4 Å². The van der Waals surface area contributed by atoms with Crippen LogP contribution in [0.4, 0.5) is 0 Å². The molecule has 0 amide bonds. The maximum atomic E-state index is 9.85. The third kappa shape index (κ3) is 5.81. The molecule has 0 aliphatic heterocycles. The van der Waals surface area contributed by atoms with E-state index in [1.807, 2.05) is 0 Å². The van der Waals surface area contributed by atoms with Crippen LogP contribution in [-0.4, -0.2) is 30.4 Å². The van der Waals surface area contributed by atoms with Gasteiger partial charge in [-0.25, -0.2) is 0 Å². The molecule has 0 radical (unpaired) electrons. The van der Waals surface area contributed by atoms with Crippen LogP contribution in [0.15, 0.2) is 24.3 Å². The predicted molar refractivity (Wildman–Crippen MR) is 77.8 cm³/mol. The van der Waals surface area contributed by atoms with Crippen molar-refractivity contribution in [3.8, 4) is 5.75 Å². The van der Waals surface area contributed by atoms with E-state index in [4.69, 9.17) is 16.3 Å². The molecule has 0 saturated heterocycles. The lowest BCUT2D eigenvalue weighted by molar-refractivity contribution is 0.103. The van der Waals surface area contributed by atoms with Gasteiger partial charge >= 0.3 is 0 Å². The van der Waals surface area contributed by atoms with Crippen LogP contribution in [0.2, 0.25) is 5.02 Å². The summed E-state index contributed by atoms with van der Waals surface area (Å²) < 4.78 is 5.50. The summed E-state index contributed by atoms with van der Waals surface area (Å²) in [6.45, 7) is 3.04. The van der Waals surface area contributed by atoms with E-state index in [0.717, 1.165) is 11.7 Å². The van der Waals surface area contributed by atoms with Crippen molar-refractivity contribution in [2.45, 2.75) is 38.3 Å². The molecule has 0 bridgehead atoms. The molecule has 1 aliphatic carbocycles. The maximum absolute atomic E-state index is 9.85. The Morgan fingerprint density at radius 2 is 2.05 bits per heavy atom. The molecule has 0 heterocycles.